The zero-order valence-electron chi connectivity index (χ0n) is 11.4. The first-order valence-corrected chi connectivity index (χ1v) is 7.80. The van der Waals surface area contributed by atoms with Crippen LogP contribution in [0, 0.1) is 0 Å². The minimum absolute atomic E-state index is 0.261. The van der Waals surface area contributed by atoms with E-state index in [9.17, 15) is 4.79 Å². The Bertz CT molecular complexity index is 579. The molecule has 0 amide bonds. The third-order valence-electron chi connectivity index (χ3n) is 3.05. The topological polar surface area (TPSA) is 26.3 Å². The van der Waals surface area contributed by atoms with Crippen LogP contribution in [0.5, 0.6) is 0 Å². The molecule has 0 aliphatic heterocycles. The smallest absolute Gasteiger partial charge is 0.338 e. The lowest BCUT2D eigenvalue weighted by molar-refractivity contribution is 0.0527. The maximum absolute atomic E-state index is 12.2. The van der Waals surface area contributed by atoms with Gasteiger partial charge in [-0.2, -0.15) is 0 Å². The number of halogens is 1. The summed E-state index contributed by atoms with van der Waals surface area (Å²) in [6.45, 7) is 2.21. The molecule has 0 aliphatic rings. The fraction of sp³-hybridized carbons (Fsp3) is 0.235. The first kappa shape index (κ1) is 14.8. The van der Waals surface area contributed by atoms with Gasteiger partial charge in [-0.1, -0.05) is 58.4 Å². The quantitative estimate of drug-likeness (QED) is 0.596. The van der Waals surface area contributed by atoms with E-state index in [1.54, 1.807) is 0 Å². The molecular weight excluding hydrogens is 316 g/mol. The third kappa shape index (κ3) is 3.48. The minimum atomic E-state index is -0.261. The molecule has 0 radical (unpaired) electrons. The van der Waals surface area contributed by atoms with Crippen molar-refractivity contribution in [3.05, 3.63) is 59.7 Å². The average molecular weight is 333 g/mol. The number of alkyl halides is 1. The molecule has 0 bridgehead atoms. The van der Waals surface area contributed by atoms with E-state index < -0.39 is 0 Å². The van der Waals surface area contributed by atoms with Crippen molar-refractivity contribution in [3.63, 3.8) is 0 Å². The predicted octanol–water partition coefficient (Wildman–Crippen LogP) is 4.47. The molecule has 0 saturated carbocycles. The zero-order chi connectivity index (χ0) is 14.4. The lowest BCUT2D eigenvalue weighted by atomic mass is 9.97. The Kier molecular flexibility index (Phi) is 5.36. The van der Waals surface area contributed by atoms with Gasteiger partial charge in [-0.3, -0.25) is 0 Å². The van der Waals surface area contributed by atoms with Crippen LogP contribution in [0.1, 0.15) is 22.8 Å². The van der Waals surface area contributed by atoms with Gasteiger partial charge in [-0.25, -0.2) is 4.79 Å². The van der Waals surface area contributed by atoms with E-state index >= 15 is 0 Å². The SMILES string of the molecule is CCOC(=O)c1cc(CCBr)ccc1-c1ccccc1. The van der Waals surface area contributed by atoms with Crippen LogP contribution in [0.3, 0.4) is 0 Å². The van der Waals surface area contributed by atoms with Crippen molar-refractivity contribution < 1.29 is 9.53 Å². The Hall–Kier alpha value is -1.61. The summed E-state index contributed by atoms with van der Waals surface area (Å²) in [6, 6.07) is 15.9. The van der Waals surface area contributed by atoms with Gasteiger partial charge in [0.15, 0.2) is 0 Å². The summed E-state index contributed by atoms with van der Waals surface area (Å²) in [5, 5.41) is 0.875. The van der Waals surface area contributed by atoms with E-state index in [0.29, 0.717) is 12.2 Å². The van der Waals surface area contributed by atoms with Gasteiger partial charge in [0.2, 0.25) is 0 Å². The molecule has 20 heavy (non-hydrogen) atoms. The lowest BCUT2D eigenvalue weighted by Gasteiger charge is -2.11. The Morgan fingerprint density at radius 2 is 1.90 bits per heavy atom. The van der Waals surface area contributed by atoms with Crippen molar-refractivity contribution >= 4 is 21.9 Å². The molecule has 0 N–H and O–H groups in total. The highest BCUT2D eigenvalue weighted by molar-refractivity contribution is 9.09. The highest BCUT2D eigenvalue weighted by Gasteiger charge is 2.14. The van der Waals surface area contributed by atoms with E-state index in [1.165, 1.54) is 0 Å². The van der Waals surface area contributed by atoms with E-state index in [1.807, 2.05) is 49.4 Å². The Morgan fingerprint density at radius 3 is 2.55 bits per heavy atom. The van der Waals surface area contributed by atoms with Gasteiger partial charge in [0, 0.05) is 5.33 Å². The molecule has 0 unspecified atom stereocenters. The van der Waals surface area contributed by atoms with E-state index in [0.717, 1.165) is 28.4 Å². The molecule has 0 fully saturated rings. The monoisotopic (exact) mass is 332 g/mol. The molecule has 2 aromatic carbocycles. The van der Waals surface area contributed by atoms with Crippen molar-refractivity contribution in [1.29, 1.82) is 0 Å². The van der Waals surface area contributed by atoms with E-state index in [2.05, 4.69) is 22.0 Å². The second-order valence-electron chi connectivity index (χ2n) is 4.41. The van der Waals surface area contributed by atoms with E-state index in [4.69, 9.17) is 4.74 Å². The fourth-order valence-corrected chi connectivity index (χ4v) is 2.56. The van der Waals surface area contributed by atoms with Crippen LogP contribution in [0.4, 0.5) is 0 Å². The number of aryl methyl sites for hydroxylation is 1. The molecule has 0 aliphatic carbocycles. The van der Waals surface area contributed by atoms with E-state index in [-0.39, 0.29) is 5.97 Å². The largest absolute Gasteiger partial charge is 0.462 e. The van der Waals surface area contributed by atoms with Crippen LogP contribution in [0.15, 0.2) is 48.5 Å². The summed E-state index contributed by atoms with van der Waals surface area (Å²) >= 11 is 3.43. The number of hydrogen-bond donors (Lipinski definition) is 0. The molecule has 2 aromatic rings. The summed E-state index contributed by atoms with van der Waals surface area (Å²) in [7, 11) is 0. The van der Waals surface area contributed by atoms with Crippen LogP contribution in [-0.2, 0) is 11.2 Å². The number of rotatable bonds is 5. The Balaban J connectivity index is 2.47. The number of carbonyl (C=O) groups is 1. The molecule has 104 valence electrons. The summed E-state index contributed by atoms with van der Waals surface area (Å²) < 4.78 is 5.17. The van der Waals surface area contributed by atoms with Crippen molar-refractivity contribution in [1.82, 2.24) is 0 Å². The van der Waals surface area contributed by atoms with Crippen molar-refractivity contribution in [2.45, 2.75) is 13.3 Å². The number of ether oxygens (including phenoxy) is 1. The predicted molar refractivity (Wildman–Crippen MR) is 85.3 cm³/mol. The van der Waals surface area contributed by atoms with Gasteiger partial charge in [0.25, 0.3) is 0 Å². The van der Waals surface area contributed by atoms with Crippen LogP contribution in [0.2, 0.25) is 0 Å². The van der Waals surface area contributed by atoms with Gasteiger partial charge in [-0.05, 0) is 36.1 Å². The zero-order valence-corrected chi connectivity index (χ0v) is 13.0. The van der Waals surface area contributed by atoms with Gasteiger partial charge in [0.1, 0.15) is 0 Å². The standard InChI is InChI=1S/C17H17BrO2/c1-2-20-17(19)16-12-13(10-11-18)8-9-15(16)14-6-4-3-5-7-14/h3-9,12H,2,10-11H2,1H3. The number of hydrogen-bond acceptors (Lipinski definition) is 2. The maximum atomic E-state index is 12.2. The highest BCUT2D eigenvalue weighted by Crippen LogP contribution is 2.25. The second kappa shape index (κ2) is 7.25. The molecule has 0 saturated heterocycles. The first-order valence-electron chi connectivity index (χ1n) is 6.67. The Labute approximate surface area is 127 Å². The van der Waals surface area contributed by atoms with Crippen LogP contribution < -0.4 is 0 Å². The normalized spacial score (nSPS) is 10.3. The van der Waals surface area contributed by atoms with Crippen LogP contribution in [-0.4, -0.2) is 17.9 Å². The minimum Gasteiger partial charge on any atom is -0.462 e. The van der Waals surface area contributed by atoms with Crippen LogP contribution >= 0.6 is 15.9 Å². The average Bonchev–Trinajstić information content (AvgIpc) is 2.49. The molecule has 2 rings (SSSR count). The Morgan fingerprint density at radius 1 is 1.15 bits per heavy atom. The van der Waals surface area contributed by atoms with Crippen molar-refractivity contribution in [2.24, 2.45) is 0 Å². The van der Waals surface area contributed by atoms with Crippen molar-refractivity contribution in [2.75, 3.05) is 11.9 Å². The maximum Gasteiger partial charge on any atom is 0.338 e. The number of carbonyl (C=O) groups excluding carboxylic acids is 1. The molecular formula is C17H17BrO2. The molecule has 2 nitrogen and oxygen atoms in total. The summed E-state index contributed by atoms with van der Waals surface area (Å²) in [5.74, 6) is -0.261. The lowest BCUT2D eigenvalue weighted by Crippen LogP contribution is -2.07. The second-order valence-corrected chi connectivity index (χ2v) is 5.20. The fourth-order valence-electron chi connectivity index (χ4n) is 2.10. The van der Waals surface area contributed by atoms with Gasteiger partial charge >= 0.3 is 5.97 Å². The summed E-state index contributed by atoms with van der Waals surface area (Å²) in [5.41, 5.74) is 3.71. The molecule has 0 heterocycles. The van der Waals surface area contributed by atoms with Gasteiger partial charge in [-0.15, -0.1) is 0 Å². The molecule has 0 aromatic heterocycles. The highest BCUT2D eigenvalue weighted by atomic mass is 79.9. The summed E-state index contributed by atoms with van der Waals surface area (Å²) in [4.78, 5) is 12.2. The van der Waals surface area contributed by atoms with Crippen LogP contribution in [0.25, 0.3) is 11.1 Å². The number of benzene rings is 2. The van der Waals surface area contributed by atoms with Crippen molar-refractivity contribution in [3.8, 4) is 11.1 Å². The third-order valence-corrected chi connectivity index (χ3v) is 3.44. The summed E-state index contributed by atoms with van der Waals surface area (Å²) in [6.07, 6.45) is 0.890. The van der Waals surface area contributed by atoms with Gasteiger partial charge in [0.05, 0.1) is 12.2 Å². The molecule has 0 atom stereocenters. The molecule has 3 heteroatoms. The molecule has 0 spiro atoms. The number of esters is 1. The van der Waals surface area contributed by atoms with Gasteiger partial charge < -0.3 is 4.74 Å². The first-order chi connectivity index (χ1) is 9.76.